The molecule has 0 amide bonds. The van der Waals surface area contributed by atoms with Crippen molar-refractivity contribution in [1.29, 1.82) is 0 Å². The number of aliphatic imine (C=N–C) groups is 1. The number of rotatable bonds is 3. The second-order valence-electron chi connectivity index (χ2n) is 3.82. The first-order valence-corrected chi connectivity index (χ1v) is 5.65. The molecule has 1 aromatic heterocycles. The molecule has 0 aliphatic carbocycles. The number of carbonyl (C=O) groups is 1. The molecule has 1 atom stereocenters. The number of nitrogens with zero attached hydrogens (tertiary/aromatic N) is 1. The van der Waals surface area contributed by atoms with Crippen LogP contribution in [0.4, 0.5) is 0 Å². The third kappa shape index (κ3) is 2.22. The van der Waals surface area contributed by atoms with Crippen LogP contribution in [0.25, 0.3) is 0 Å². The monoisotopic (exact) mass is 249 g/mol. The number of allylic oxidation sites excluding steroid dienone is 1. The Morgan fingerprint density at radius 2 is 2.44 bits per heavy atom. The molecule has 3 N–H and O–H groups in total. The first-order valence-electron chi connectivity index (χ1n) is 5.65. The molecule has 0 aromatic carbocycles. The summed E-state index contributed by atoms with van der Waals surface area (Å²) in [6.45, 7) is 3.81. The summed E-state index contributed by atoms with van der Waals surface area (Å²) in [5.74, 6) is 0.393. The van der Waals surface area contributed by atoms with Crippen molar-refractivity contribution in [3.05, 3.63) is 35.4 Å². The number of furan rings is 1. The predicted octanol–water partition coefficient (Wildman–Crippen LogP) is 1.08. The second kappa shape index (κ2) is 4.95. The molecule has 6 nitrogen and oxygen atoms in total. The number of ether oxygens (including phenoxy) is 1. The van der Waals surface area contributed by atoms with Crippen LogP contribution in [0.3, 0.4) is 0 Å². The van der Waals surface area contributed by atoms with Crippen LogP contribution in [0.5, 0.6) is 0 Å². The molecule has 0 radical (unpaired) electrons. The van der Waals surface area contributed by atoms with Gasteiger partial charge in [0.25, 0.3) is 0 Å². The van der Waals surface area contributed by atoms with Crippen LogP contribution in [-0.4, -0.2) is 18.5 Å². The SMILES string of the molecule is CCOC(=O)C1=C(C)NC(N)=N[C@H]1c1ccco1. The van der Waals surface area contributed by atoms with Crippen LogP contribution in [0.1, 0.15) is 25.6 Å². The highest BCUT2D eigenvalue weighted by atomic mass is 16.5. The predicted molar refractivity (Wildman–Crippen MR) is 65.5 cm³/mol. The normalized spacial score (nSPS) is 19.2. The zero-order chi connectivity index (χ0) is 13.1. The molecule has 0 bridgehead atoms. The van der Waals surface area contributed by atoms with Crippen LogP contribution in [0.2, 0.25) is 0 Å². The molecule has 0 unspecified atom stereocenters. The van der Waals surface area contributed by atoms with Gasteiger partial charge in [-0.2, -0.15) is 0 Å². The van der Waals surface area contributed by atoms with Crippen molar-refractivity contribution in [1.82, 2.24) is 5.32 Å². The molecule has 96 valence electrons. The Morgan fingerprint density at radius 1 is 1.67 bits per heavy atom. The fraction of sp³-hybridized carbons (Fsp3) is 0.333. The molecule has 18 heavy (non-hydrogen) atoms. The van der Waals surface area contributed by atoms with Crippen molar-refractivity contribution >= 4 is 11.9 Å². The first kappa shape index (κ1) is 12.2. The summed E-state index contributed by atoms with van der Waals surface area (Å²) in [5, 5.41) is 2.83. The van der Waals surface area contributed by atoms with Crippen LogP contribution in [0.15, 0.2) is 39.1 Å². The van der Waals surface area contributed by atoms with Crippen molar-refractivity contribution in [3.63, 3.8) is 0 Å². The molecule has 0 spiro atoms. The Balaban J connectivity index is 2.39. The van der Waals surface area contributed by atoms with Crippen LogP contribution in [0, 0.1) is 0 Å². The molecular formula is C12H15N3O3. The first-order chi connectivity index (χ1) is 8.63. The molecule has 0 fully saturated rings. The lowest BCUT2D eigenvalue weighted by molar-refractivity contribution is -0.139. The minimum atomic E-state index is -0.555. The number of nitrogens with one attached hydrogen (secondary N) is 1. The van der Waals surface area contributed by atoms with E-state index in [0.717, 1.165) is 0 Å². The molecule has 1 aliphatic heterocycles. The molecule has 0 saturated heterocycles. The summed E-state index contributed by atoms with van der Waals surface area (Å²) >= 11 is 0. The Bertz CT molecular complexity index is 503. The average Bonchev–Trinajstić information content (AvgIpc) is 2.81. The second-order valence-corrected chi connectivity index (χ2v) is 3.82. The van der Waals surface area contributed by atoms with Gasteiger partial charge in [0.05, 0.1) is 18.4 Å². The van der Waals surface area contributed by atoms with Gasteiger partial charge in [-0.1, -0.05) is 0 Å². The van der Waals surface area contributed by atoms with E-state index >= 15 is 0 Å². The van der Waals surface area contributed by atoms with E-state index in [-0.39, 0.29) is 5.96 Å². The minimum Gasteiger partial charge on any atom is -0.467 e. The molecule has 1 aliphatic rings. The van der Waals surface area contributed by atoms with Gasteiger partial charge in [0, 0.05) is 5.70 Å². The zero-order valence-electron chi connectivity index (χ0n) is 10.3. The quantitative estimate of drug-likeness (QED) is 0.782. The lowest BCUT2D eigenvalue weighted by atomic mass is 10.0. The van der Waals surface area contributed by atoms with E-state index in [1.165, 1.54) is 6.26 Å². The van der Waals surface area contributed by atoms with Gasteiger partial charge >= 0.3 is 5.97 Å². The van der Waals surface area contributed by atoms with E-state index in [0.29, 0.717) is 23.6 Å². The molecule has 2 rings (SSSR count). The van der Waals surface area contributed by atoms with Crippen LogP contribution in [-0.2, 0) is 9.53 Å². The topological polar surface area (TPSA) is 89.8 Å². The highest BCUT2D eigenvalue weighted by molar-refractivity contribution is 5.94. The lowest BCUT2D eigenvalue weighted by Crippen LogP contribution is -2.37. The van der Waals surface area contributed by atoms with E-state index in [4.69, 9.17) is 14.9 Å². The molecule has 6 heteroatoms. The number of carbonyl (C=O) groups excluding carboxylic acids is 1. The largest absolute Gasteiger partial charge is 0.467 e. The highest BCUT2D eigenvalue weighted by Crippen LogP contribution is 2.31. The number of nitrogens with two attached hydrogens (primary N) is 1. The van der Waals surface area contributed by atoms with Crippen molar-refractivity contribution in [3.8, 4) is 0 Å². The smallest absolute Gasteiger partial charge is 0.338 e. The highest BCUT2D eigenvalue weighted by Gasteiger charge is 2.31. The van der Waals surface area contributed by atoms with Gasteiger partial charge < -0.3 is 20.2 Å². The van der Waals surface area contributed by atoms with E-state index in [9.17, 15) is 4.79 Å². The molecular weight excluding hydrogens is 234 g/mol. The van der Waals surface area contributed by atoms with Gasteiger partial charge in [-0.3, -0.25) is 0 Å². The summed E-state index contributed by atoms with van der Waals surface area (Å²) in [5.41, 5.74) is 6.71. The third-order valence-corrected chi connectivity index (χ3v) is 2.57. The van der Waals surface area contributed by atoms with E-state index < -0.39 is 12.0 Å². The van der Waals surface area contributed by atoms with Gasteiger partial charge in [-0.25, -0.2) is 9.79 Å². The summed E-state index contributed by atoms with van der Waals surface area (Å²) in [4.78, 5) is 16.1. The summed E-state index contributed by atoms with van der Waals surface area (Å²) < 4.78 is 10.3. The van der Waals surface area contributed by atoms with Crippen molar-refractivity contribution in [2.75, 3.05) is 6.61 Å². The maximum atomic E-state index is 11.9. The van der Waals surface area contributed by atoms with Gasteiger partial charge in [0.15, 0.2) is 5.96 Å². The van der Waals surface area contributed by atoms with Crippen LogP contribution < -0.4 is 11.1 Å². The minimum absolute atomic E-state index is 0.252. The van der Waals surface area contributed by atoms with Gasteiger partial charge in [-0.15, -0.1) is 0 Å². The maximum Gasteiger partial charge on any atom is 0.338 e. The fourth-order valence-electron chi connectivity index (χ4n) is 1.83. The third-order valence-electron chi connectivity index (χ3n) is 2.57. The van der Waals surface area contributed by atoms with Crippen molar-refractivity contribution in [2.24, 2.45) is 10.7 Å². The average molecular weight is 249 g/mol. The van der Waals surface area contributed by atoms with Gasteiger partial charge in [0.2, 0.25) is 0 Å². The fourth-order valence-corrected chi connectivity index (χ4v) is 1.83. The standard InChI is InChI=1S/C12H15N3O3/c1-3-17-11(16)9-7(2)14-12(13)15-10(9)8-5-4-6-18-8/h4-6,10H,3H2,1-2H3,(H3,13,14,15)/t10-/m0/s1. The maximum absolute atomic E-state index is 11.9. The van der Waals surface area contributed by atoms with Crippen molar-refractivity contribution < 1.29 is 13.9 Å². The van der Waals surface area contributed by atoms with E-state index in [1.807, 2.05) is 0 Å². The Labute approximate surface area is 105 Å². The zero-order valence-corrected chi connectivity index (χ0v) is 10.3. The van der Waals surface area contributed by atoms with E-state index in [2.05, 4.69) is 10.3 Å². The summed E-state index contributed by atoms with van der Waals surface area (Å²) in [6, 6.07) is 2.93. The summed E-state index contributed by atoms with van der Waals surface area (Å²) in [6.07, 6.45) is 1.53. The van der Waals surface area contributed by atoms with Gasteiger partial charge in [0.1, 0.15) is 11.8 Å². The number of hydrogen-bond acceptors (Lipinski definition) is 6. The summed E-state index contributed by atoms with van der Waals surface area (Å²) in [7, 11) is 0. The van der Waals surface area contributed by atoms with Gasteiger partial charge in [-0.05, 0) is 26.0 Å². The molecule has 0 saturated carbocycles. The Morgan fingerprint density at radius 3 is 3.06 bits per heavy atom. The molecule has 2 heterocycles. The molecule has 1 aromatic rings. The number of guanidine groups is 1. The van der Waals surface area contributed by atoms with E-state index in [1.54, 1.807) is 26.0 Å². The Kier molecular flexibility index (Phi) is 3.36. The number of hydrogen-bond donors (Lipinski definition) is 2. The number of esters is 1. The lowest BCUT2D eigenvalue weighted by Gasteiger charge is -2.22. The van der Waals surface area contributed by atoms with Crippen LogP contribution >= 0.6 is 0 Å². The van der Waals surface area contributed by atoms with Crippen molar-refractivity contribution in [2.45, 2.75) is 19.9 Å². The Hall–Kier alpha value is -2.24.